The van der Waals surface area contributed by atoms with Gasteiger partial charge in [0.05, 0.1) is 6.20 Å². The van der Waals surface area contributed by atoms with Gasteiger partial charge in [-0.25, -0.2) is 4.39 Å². The summed E-state index contributed by atoms with van der Waals surface area (Å²) in [5.74, 6) is 0.852. The highest BCUT2D eigenvalue weighted by Crippen LogP contribution is 2.20. The average molecular weight is 245 g/mol. The van der Waals surface area contributed by atoms with E-state index < -0.39 is 0 Å². The lowest BCUT2D eigenvalue weighted by Crippen LogP contribution is -2.25. The molecule has 2 nitrogen and oxygen atoms in total. The molecule has 0 aliphatic rings. The highest BCUT2D eigenvalue weighted by Gasteiger charge is 2.10. The van der Waals surface area contributed by atoms with Crippen LogP contribution >= 0.6 is 0 Å². The molecule has 1 aromatic carbocycles. The summed E-state index contributed by atoms with van der Waals surface area (Å²) in [4.78, 5) is 3.93. The third-order valence-corrected chi connectivity index (χ3v) is 2.46. The Morgan fingerprint density at radius 1 is 1.17 bits per heavy atom. The van der Waals surface area contributed by atoms with Gasteiger partial charge in [0.25, 0.3) is 0 Å². The van der Waals surface area contributed by atoms with Crippen LogP contribution in [0.5, 0.6) is 11.5 Å². The first kappa shape index (κ1) is 14.2. The Morgan fingerprint density at radius 3 is 2.50 bits per heavy atom. The Balaban J connectivity index is 0.00000162. The fourth-order valence-corrected chi connectivity index (χ4v) is 1.58. The lowest BCUT2D eigenvalue weighted by Gasteiger charge is -2.08. The number of nitrogens with zero attached hydrogens (tertiary/aromatic N) is 1. The largest absolute Gasteiger partial charge is 0.456 e. The monoisotopic (exact) mass is 245 g/mol. The van der Waals surface area contributed by atoms with Crippen molar-refractivity contribution >= 4 is 12.2 Å². The Labute approximate surface area is 108 Å². The highest BCUT2D eigenvalue weighted by atomic mass is 19.1. The van der Waals surface area contributed by atoms with Gasteiger partial charge < -0.3 is 4.74 Å². The van der Waals surface area contributed by atoms with E-state index in [2.05, 4.69) is 4.98 Å². The van der Waals surface area contributed by atoms with Crippen molar-refractivity contribution in [1.29, 1.82) is 0 Å². The molecule has 0 saturated heterocycles. The van der Waals surface area contributed by atoms with E-state index in [-0.39, 0.29) is 20.0 Å². The Morgan fingerprint density at radius 2 is 1.94 bits per heavy atom. The van der Waals surface area contributed by atoms with Crippen molar-refractivity contribution in [1.82, 2.24) is 4.98 Å². The topological polar surface area (TPSA) is 22.1 Å². The van der Waals surface area contributed by atoms with Crippen molar-refractivity contribution in [2.75, 3.05) is 0 Å². The Bertz CT molecular complexity index is 502. The van der Waals surface area contributed by atoms with Crippen LogP contribution in [0, 0.1) is 5.82 Å². The fourth-order valence-electron chi connectivity index (χ4n) is 1.58. The molecule has 0 aliphatic heterocycles. The molecular formula is C14H17BFNO. The first-order valence-corrected chi connectivity index (χ1v) is 5.54. The predicted octanol–water partition coefficient (Wildman–Crippen LogP) is 3.61. The van der Waals surface area contributed by atoms with Crippen LogP contribution in [0.3, 0.4) is 0 Å². The van der Waals surface area contributed by atoms with Crippen LogP contribution in [0.1, 0.15) is 7.43 Å². The average Bonchev–Trinajstić information content (AvgIpc) is 2.30. The fraction of sp³-hybridized carbons (Fsp3) is 0.214. The van der Waals surface area contributed by atoms with Crippen molar-refractivity contribution in [2.24, 2.45) is 0 Å². The Kier molecular flexibility index (Phi) is 4.90. The molecule has 18 heavy (non-hydrogen) atoms. The molecular weight excluding hydrogens is 228 g/mol. The number of hydrogen-bond acceptors (Lipinski definition) is 2. The number of pyridine rings is 1. The highest BCUT2D eigenvalue weighted by molar-refractivity contribution is 6.70. The van der Waals surface area contributed by atoms with E-state index in [1.165, 1.54) is 6.07 Å². The van der Waals surface area contributed by atoms with E-state index in [1.54, 1.807) is 36.7 Å². The van der Waals surface area contributed by atoms with Crippen LogP contribution in [0.4, 0.5) is 4.39 Å². The zero-order valence-electron chi connectivity index (χ0n) is 9.85. The number of halogens is 1. The maximum absolute atomic E-state index is 13.7. The molecule has 4 heteroatoms. The van der Waals surface area contributed by atoms with E-state index in [0.717, 1.165) is 0 Å². The second-order valence-corrected chi connectivity index (χ2v) is 4.13. The number of rotatable bonds is 3. The lowest BCUT2D eigenvalue weighted by molar-refractivity contribution is 0.475. The van der Waals surface area contributed by atoms with Crippen LogP contribution in [0.15, 0.2) is 42.7 Å². The summed E-state index contributed by atoms with van der Waals surface area (Å²) in [5, 5.41) is 0. The van der Waals surface area contributed by atoms with Crippen LogP contribution < -0.4 is 10.2 Å². The molecule has 0 bridgehead atoms. The third-order valence-electron chi connectivity index (χ3n) is 2.46. The molecule has 0 atom stereocenters. The van der Waals surface area contributed by atoms with Crippen LogP contribution in [-0.4, -0.2) is 11.7 Å². The quantitative estimate of drug-likeness (QED) is 0.770. The summed E-state index contributed by atoms with van der Waals surface area (Å²) in [6.07, 6.45) is 3.25. The van der Waals surface area contributed by atoms with Crippen LogP contribution in [0.2, 0.25) is 13.6 Å². The van der Waals surface area contributed by atoms with Crippen molar-refractivity contribution in [3.8, 4) is 11.5 Å². The maximum Gasteiger partial charge on any atom is 0.173 e. The second kappa shape index (κ2) is 6.19. The van der Waals surface area contributed by atoms with Gasteiger partial charge in [0.15, 0.2) is 6.71 Å². The summed E-state index contributed by atoms with van der Waals surface area (Å²) >= 11 is 0. The first-order chi connectivity index (χ1) is 8.16. The minimum atomic E-state index is -0.235. The minimum Gasteiger partial charge on any atom is -0.456 e. The van der Waals surface area contributed by atoms with E-state index in [1.807, 2.05) is 13.6 Å². The van der Waals surface area contributed by atoms with Crippen molar-refractivity contribution < 1.29 is 9.13 Å². The molecule has 0 spiro atoms. The van der Waals surface area contributed by atoms with Gasteiger partial charge in [-0.2, -0.15) is 0 Å². The zero-order valence-corrected chi connectivity index (χ0v) is 9.85. The van der Waals surface area contributed by atoms with Gasteiger partial charge in [0.2, 0.25) is 0 Å². The van der Waals surface area contributed by atoms with Gasteiger partial charge in [-0.05, 0) is 23.7 Å². The number of aromatic nitrogens is 1. The minimum absolute atomic E-state index is 0. The van der Waals surface area contributed by atoms with Gasteiger partial charge in [0.1, 0.15) is 17.3 Å². The predicted molar refractivity (Wildman–Crippen MR) is 74.6 cm³/mol. The van der Waals surface area contributed by atoms with Gasteiger partial charge >= 0.3 is 0 Å². The summed E-state index contributed by atoms with van der Waals surface area (Å²) in [6, 6.07) is 8.48. The van der Waals surface area contributed by atoms with E-state index in [0.29, 0.717) is 17.0 Å². The summed E-state index contributed by atoms with van der Waals surface area (Å²) < 4.78 is 19.2. The van der Waals surface area contributed by atoms with Crippen LogP contribution in [-0.2, 0) is 0 Å². The first-order valence-electron chi connectivity index (χ1n) is 5.54. The molecule has 0 saturated carbocycles. The summed E-state index contributed by atoms with van der Waals surface area (Å²) in [6.45, 7) is 4.09. The molecule has 0 amide bonds. The molecule has 0 radical (unpaired) electrons. The third kappa shape index (κ3) is 3.33. The Hall–Kier alpha value is -1.84. The van der Waals surface area contributed by atoms with Crippen molar-refractivity contribution in [3.63, 3.8) is 0 Å². The van der Waals surface area contributed by atoms with Gasteiger partial charge in [-0.15, -0.1) is 0 Å². The van der Waals surface area contributed by atoms with E-state index in [4.69, 9.17) is 4.74 Å². The number of hydrogen-bond donors (Lipinski definition) is 0. The van der Waals surface area contributed by atoms with E-state index >= 15 is 0 Å². The van der Waals surface area contributed by atoms with Gasteiger partial charge in [-0.1, -0.05) is 27.1 Å². The molecule has 0 unspecified atom stereocenters. The van der Waals surface area contributed by atoms with Crippen LogP contribution in [0.25, 0.3) is 0 Å². The normalized spacial score (nSPS) is 9.50. The molecule has 0 N–H and O–H groups in total. The van der Waals surface area contributed by atoms with Crippen molar-refractivity contribution in [2.45, 2.75) is 21.1 Å². The standard InChI is InChI=1S/C13H13BFNO.CH4/c1-14(2)12-6-5-10(8-13(12)15)17-11-4-3-7-16-9-11;/h3-9H,1-2H3;1H4. The van der Waals surface area contributed by atoms with E-state index in [9.17, 15) is 4.39 Å². The lowest BCUT2D eigenvalue weighted by atomic mass is 9.49. The molecule has 0 aliphatic carbocycles. The molecule has 2 rings (SSSR count). The number of benzene rings is 1. The molecule has 2 aromatic rings. The summed E-state index contributed by atoms with van der Waals surface area (Å²) in [5.41, 5.74) is 0.698. The molecule has 94 valence electrons. The van der Waals surface area contributed by atoms with Gasteiger partial charge in [-0.3, -0.25) is 4.98 Å². The van der Waals surface area contributed by atoms with Gasteiger partial charge in [0, 0.05) is 12.3 Å². The second-order valence-electron chi connectivity index (χ2n) is 4.13. The maximum atomic E-state index is 13.7. The molecule has 1 aromatic heterocycles. The van der Waals surface area contributed by atoms with Crippen molar-refractivity contribution in [3.05, 3.63) is 48.5 Å². The summed E-state index contributed by atoms with van der Waals surface area (Å²) in [7, 11) is 0. The molecule has 0 fully saturated rings. The molecule has 1 heterocycles. The number of ether oxygens (including phenoxy) is 1. The zero-order chi connectivity index (χ0) is 12.3. The SMILES string of the molecule is C.CB(C)c1ccc(Oc2cccnc2)cc1F. The smallest absolute Gasteiger partial charge is 0.173 e.